The standard InChI is InChI=1S/C60H107NO10/c1-3-5-7-9-11-13-14-15-16-18-22-25-28-32-36-40-44-48-56(65)69-49-45-41-37-33-29-26-23-20-17-19-21-24-27-31-35-39-43-47-55(64)61-52(53(63)46-42-38-34-30-12-10-8-6-4-2)51-70-60-59(68)58(67)57(66)54(50-62)71-60/h12,15-17,20,26,29-30,42,46,52-54,57-60,62-63,66-68H,3-11,13-14,18-19,21-25,27-28,31-41,43-45,47-51H2,1-2H3,(H,61,64)/b16-15-,20-17-,29-26-,30-12+,46-42+. The zero-order valence-corrected chi connectivity index (χ0v) is 45.2. The Hall–Kier alpha value is -2.64. The molecule has 0 saturated carbocycles. The van der Waals surface area contributed by atoms with E-state index in [0.29, 0.717) is 19.4 Å². The predicted octanol–water partition coefficient (Wildman–Crippen LogP) is 13.1. The first-order valence-electron chi connectivity index (χ1n) is 29.1. The minimum atomic E-state index is -1.58. The summed E-state index contributed by atoms with van der Waals surface area (Å²) in [4.78, 5) is 25.0. The van der Waals surface area contributed by atoms with E-state index in [1.807, 2.05) is 6.08 Å². The highest BCUT2D eigenvalue weighted by Crippen LogP contribution is 2.23. The van der Waals surface area contributed by atoms with Crippen molar-refractivity contribution in [3.05, 3.63) is 60.8 Å². The van der Waals surface area contributed by atoms with Gasteiger partial charge in [-0.3, -0.25) is 9.59 Å². The van der Waals surface area contributed by atoms with Gasteiger partial charge in [-0.15, -0.1) is 0 Å². The van der Waals surface area contributed by atoms with Crippen molar-refractivity contribution in [1.82, 2.24) is 5.32 Å². The van der Waals surface area contributed by atoms with Crippen LogP contribution in [0.5, 0.6) is 0 Å². The van der Waals surface area contributed by atoms with Crippen LogP contribution < -0.4 is 5.32 Å². The quantitative estimate of drug-likeness (QED) is 0.0195. The number of aliphatic hydroxyl groups is 5. The molecule has 1 amide bonds. The maximum absolute atomic E-state index is 13.0. The summed E-state index contributed by atoms with van der Waals surface area (Å²) in [5.41, 5.74) is 0. The second-order valence-corrected chi connectivity index (χ2v) is 20.0. The Morgan fingerprint density at radius 3 is 1.51 bits per heavy atom. The van der Waals surface area contributed by atoms with Gasteiger partial charge in [-0.05, 0) is 109 Å². The molecule has 1 saturated heterocycles. The van der Waals surface area contributed by atoms with Crippen molar-refractivity contribution in [1.29, 1.82) is 0 Å². The van der Waals surface area contributed by atoms with Crippen LogP contribution in [0.25, 0.3) is 0 Å². The molecule has 0 aliphatic carbocycles. The summed E-state index contributed by atoms with van der Waals surface area (Å²) in [5, 5.41) is 54.1. The number of esters is 1. The number of allylic oxidation sites excluding steroid dienone is 9. The van der Waals surface area contributed by atoms with Crippen molar-refractivity contribution in [2.24, 2.45) is 0 Å². The third-order valence-electron chi connectivity index (χ3n) is 13.3. The normalized spacial score (nSPS) is 19.6. The lowest BCUT2D eigenvalue weighted by Gasteiger charge is -2.40. The number of carbonyl (C=O) groups excluding carboxylic acids is 2. The van der Waals surface area contributed by atoms with Crippen molar-refractivity contribution < 1.29 is 49.3 Å². The molecule has 412 valence electrons. The molecule has 71 heavy (non-hydrogen) atoms. The number of ether oxygens (including phenoxy) is 3. The molecule has 0 bridgehead atoms. The highest BCUT2D eigenvalue weighted by molar-refractivity contribution is 5.76. The van der Waals surface area contributed by atoms with Gasteiger partial charge in [0.25, 0.3) is 0 Å². The van der Waals surface area contributed by atoms with Crippen LogP contribution in [0.15, 0.2) is 60.8 Å². The van der Waals surface area contributed by atoms with E-state index in [2.05, 4.69) is 67.8 Å². The maximum atomic E-state index is 13.0. The van der Waals surface area contributed by atoms with Crippen molar-refractivity contribution in [3.8, 4) is 0 Å². The van der Waals surface area contributed by atoms with E-state index in [4.69, 9.17) is 14.2 Å². The Balaban J connectivity index is 2.07. The van der Waals surface area contributed by atoms with Gasteiger partial charge < -0.3 is 45.1 Å². The van der Waals surface area contributed by atoms with Gasteiger partial charge in [-0.2, -0.15) is 0 Å². The van der Waals surface area contributed by atoms with Crippen LogP contribution in [0.2, 0.25) is 0 Å². The lowest BCUT2D eigenvalue weighted by molar-refractivity contribution is -0.302. The molecule has 7 atom stereocenters. The summed E-state index contributed by atoms with van der Waals surface area (Å²) in [6.45, 7) is 4.20. The first kappa shape index (κ1) is 66.4. The minimum Gasteiger partial charge on any atom is -0.466 e. The fraction of sp³-hybridized carbons (Fsp3) is 0.800. The van der Waals surface area contributed by atoms with E-state index in [-0.39, 0.29) is 18.5 Å². The number of hydrogen-bond acceptors (Lipinski definition) is 10. The maximum Gasteiger partial charge on any atom is 0.305 e. The lowest BCUT2D eigenvalue weighted by Crippen LogP contribution is -2.60. The van der Waals surface area contributed by atoms with E-state index in [1.165, 1.54) is 122 Å². The molecule has 0 aromatic rings. The summed E-state index contributed by atoms with van der Waals surface area (Å²) >= 11 is 0. The second-order valence-electron chi connectivity index (χ2n) is 20.0. The van der Waals surface area contributed by atoms with Crippen LogP contribution in [0.1, 0.15) is 245 Å². The molecular weight excluding hydrogens is 895 g/mol. The fourth-order valence-corrected chi connectivity index (χ4v) is 8.65. The van der Waals surface area contributed by atoms with Gasteiger partial charge in [0.05, 0.1) is 32.0 Å². The summed E-state index contributed by atoms with van der Waals surface area (Å²) in [6, 6.07) is -0.839. The van der Waals surface area contributed by atoms with Crippen LogP contribution in [-0.2, 0) is 23.8 Å². The Bertz CT molecular complexity index is 1360. The van der Waals surface area contributed by atoms with Crippen LogP contribution in [0.4, 0.5) is 0 Å². The fourth-order valence-electron chi connectivity index (χ4n) is 8.65. The molecule has 0 radical (unpaired) electrons. The number of amides is 1. The smallest absolute Gasteiger partial charge is 0.305 e. The summed E-state index contributed by atoms with van der Waals surface area (Å²) in [7, 11) is 0. The average molecular weight is 1000 g/mol. The van der Waals surface area contributed by atoms with Crippen LogP contribution in [0.3, 0.4) is 0 Å². The molecule has 0 aromatic heterocycles. The SMILES string of the molecule is CCCCC/C=C/CC/C=C/C(O)C(COC1OC(CO)C(O)C(O)C1O)NC(=O)CCCCCCCCC/C=C\C/C=C\CCCCCOC(=O)CCCCCCCCC/C=C\CCCCCCCC. The molecule has 1 aliphatic heterocycles. The molecule has 6 N–H and O–H groups in total. The van der Waals surface area contributed by atoms with E-state index in [9.17, 15) is 35.1 Å². The molecule has 1 aliphatic rings. The van der Waals surface area contributed by atoms with E-state index >= 15 is 0 Å². The molecule has 11 heteroatoms. The van der Waals surface area contributed by atoms with Gasteiger partial charge >= 0.3 is 5.97 Å². The van der Waals surface area contributed by atoms with Crippen LogP contribution in [0, 0.1) is 0 Å². The zero-order chi connectivity index (χ0) is 51.7. The second kappa shape index (κ2) is 49.6. The number of carbonyl (C=O) groups is 2. The molecule has 0 spiro atoms. The molecule has 7 unspecified atom stereocenters. The lowest BCUT2D eigenvalue weighted by atomic mass is 9.99. The van der Waals surface area contributed by atoms with Crippen LogP contribution >= 0.6 is 0 Å². The van der Waals surface area contributed by atoms with E-state index < -0.39 is 49.5 Å². The monoisotopic (exact) mass is 1000 g/mol. The van der Waals surface area contributed by atoms with Gasteiger partial charge in [-0.25, -0.2) is 0 Å². The number of nitrogens with one attached hydrogen (secondary N) is 1. The zero-order valence-electron chi connectivity index (χ0n) is 45.2. The third-order valence-corrected chi connectivity index (χ3v) is 13.3. The topological polar surface area (TPSA) is 175 Å². The number of hydrogen-bond donors (Lipinski definition) is 6. The van der Waals surface area contributed by atoms with Crippen molar-refractivity contribution >= 4 is 11.9 Å². The highest BCUT2D eigenvalue weighted by atomic mass is 16.7. The molecule has 0 aromatic carbocycles. The molecule has 1 rings (SSSR count). The summed E-state index contributed by atoms with van der Waals surface area (Å²) < 4.78 is 16.6. The van der Waals surface area contributed by atoms with Crippen molar-refractivity contribution in [2.45, 2.75) is 288 Å². The number of rotatable bonds is 49. The van der Waals surface area contributed by atoms with E-state index in [1.54, 1.807) is 6.08 Å². The first-order chi connectivity index (χ1) is 34.7. The Kier molecular flexibility index (Phi) is 46.3. The van der Waals surface area contributed by atoms with Gasteiger partial charge in [-0.1, -0.05) is 184 Å². The first-order valence-corrected chi connectivity index (χ1v) is 29.1. The van der Waals surface area contributed by atoms with Gasteiger partial charge in [0, 0.05) is 12.8 Å². The van der Waals surface area contributed by atoms with Crippen LogP contribution in [-0.4, -0.2) is 100 Å². The minimum absolute atomic E-state index is 0.0374. The molecule has 1 heterocycles. The van der Waals surface area contributed by atoms with E-state index in [0.717, 1.165) is 96.3 Å². The summed E-state index contributed by atoms with van der Waals surface area (Å²) in [6.07, 6.45) is 53.3. The highest BCUT2D eigenvalue weighted by Gasteiger charge is 2.44. The van der Waals surface area contributed by atoms with Crippen molar-refractivity contribution in [3.63, 3.8) is 0 Å². The number of unbranched alkanes of at least 4 members (excludes halogenated alkanes) is 27. The van der Waals surface area contributed by atoms with Gasteiger partial charge in [0.1, 0.15) is 24.4 Å². The summed E-state index contributed by atoms with van der Waals surface area (Å²) in [5.74, 6) is -0.250. The van der Waals surface area contributed by atoms with Crippen molar-refractivity contribution in [2.75, 3.05) is 19.8 Å². The Morgan fingerprint density at radius 2 is 0.958 bits per heavy atom. The Morgan fingerprint density at radius 1 is 0.521 bits per heavy atom. The van der Waals surface area contributed by atoms with Gasteiger partial charge in [0.15, 0.2) is 6.29 Å². The largest absolute Gasteiger partial charge is 0.466 e. The molecule has 1 fully saturated rings. The van der Waals surface area contributed by atoms with Gasteiger partial charge in [0.2, 0.25) is 5.91 Å². The Labute approximate surface area is 433 Å². The average Bonchev–Trinajstić information content (AvgIpc) is 3.37. The molecule has 11 nitrogen and oxygen atoms in total. The molecular formula is C60H107NO10. The predicted molar refractivity (Wildman–Crippen MR) is 292 cm³/mol. The third kappa shape index (κ3) is 39.5. The number of aliphatic hydroxyl groups excluding tert-OH is 5.